The summed E-state index contributed by atoms with van der Waals surface area (Å²) in [7, 11) is 0. The second-order valence-corrected chi connectivity index (χ2v) is 11.4. The second kappa shape index (κ2) is 10.3. The molecule has 3 nitrogen and oxygen atoms in total. The van der Waals surface area contributed by atoms with Crippen molar-refractivity contribution in [3.8, 4) is 22.3 Å². The van der Waals surface area contributed by atoms with E-state index >= 15 is 0 Å². The lowest BCUT2D eigenvalue weighted by atomic mass is 10.0. The molecule has 0 spiro atoms. The molecule has 0 bridgehead atoms. The van der Waals surface area contributed by atoms with Gasteiger partial charge in [-0.15, -0.1) is 0 Å². The summed E-state index contributed by atoms with van der Waals surface area (Å²) >= 11 is 0. The number of benzene rings is 7. The molecule has 45 heavy (non-hydrogen) atoms. The van der Waals surface area contributed by atoms with Crippen LogP contribution in [0.25, 0.3) is 66.1 Å². The predicted octanol–water partition coefficient (Wildman–Crippen LogP) is 12.3. The summed E-state index contributed by atoms with van der Waals surface area (Å²) in [5.41, 5.74) is 11.5. The van der Waals surface area contributed by atoms with E-state index in [1.54, 1.807) is 0 Å². The van der Waals surface area contributed by atoms with Crippen LogP contribution in [0.4, 0.5) is 17.1 Å². The molecule has 9 rings (SSSR count). The SMILES string of the molecule is c1ccc(N(c2ccc(-c3ccc4oc5ccccc5c4c3)cc2)c2ccc(-c3cccc4c3oc3ccccc34)cc2)cc1. The molecule has 3 heteroatoms. The van der Waals surface area contributed by atoms with Gasteiger partial charge in [-0.05, 0) is 77.4 Å². The van der Waals surface area contributed by atoms with Gasteiger partial charge in [-0.3, -0.25) is 0 Å². The molecule has 0 radical (unpaired) electrons. The van der Waals surface area contributed by atoms with Gasteiger partial charge in [-0.25, -0.2) is 0 Å². The van der Waals surface area contributed by atoms with E-state index in [9.17, 15) is 0 Å². The number of para-hydroxylation sites is 4. The minimum absolute atomic E-state index is 0.909. The highest BCUT2D eigenvalue weighted by Gasteiger charge is 2.16. The van der Waals surface area contributed by atoms with Crippen molar-refractivity contribution in [2.24, 2.45) is 0 Å². The van der Waals surface area contributed by atoms with Crippen LogP contribution in [0.5, 0.6) is 0 Å². The summed E-state index contributed by atoms with van der Waals surface area (Å²) in [5.74, 6) is 0. The maximum absolute atomic E-state index is 6.33. The van der Waals surface area contributed by atoms with Gasteiger partial charge in [-0.1, -0.05) is 103 Å². The summed E-state index contributed by atoms with van der Waals surface area (Å²) < 4.78 is 12.4. The largest absolute Gasteiger partial charge is 0.456 e. The van der Waals surface area contributed by atoms with Gasteiger partial charge < -0.3 is 13.7 Å². The number of hydrogen-bond acceptors (Lipinski definition) is 3. The first-order chi connectivity index (χ1) is 22.3. The Hall–Kier alpha value is -6.06. The predicted molar refractivity (Wildman–Crippen MR) is 187 cm³/mol. The fourth-order valence-electron chi connectivity index (χ4n) is 6.50. The van der Waals surface area contributed by atoms with E-state index in [1.807, 2.05) is 24.3 Å². The quantitative estimate of drug-likeness (QED) is 0.204. The Balaban J connectivity index is 1.09. The Labute approximate surface area is 260 Å². The van der Waals surface area contributed by atoms with Gasteiger partial charge in [0.2, 0.25) is 0 Å². The van der Waals surface area contributed by atoms with Crippen molar-refractivity contribution < 1.29 is 8.83 Å². The highest BCUT2D eigenvalue weighted by molar-refractivity contribution is 6.09. The van der Waals surface area contributed by atoms with E-state index in [1.165, 1.54) is 0 Å². The van der Waals surface area contributed by atoms with Gasteiger partial charge in [0.05, 0.1) is 0 Å². The molecule has 0 aliphatic rings. The molecule has 0 saturated carbocycles. The van der Waals surface area contributed by atoms with Crippen molar-refractivity contribution in [2.45, 2.75) is 0 Å². The molecule has 0 fully saturated rings. The average molecular weight is 578 g/mol. The molecule has 0 aliphatic carbocycles. The summed E-state index contributed by atoms with van der Waals surface area (Å²) in [6.45, 7) is 0. The number of fused-ring (bicyclic) bond motifs is 6. The van der Waals surface area contributed by atoms with Crippen molar-refractivity contribution in [2.75, 3.05) is 4.90 Å². The second-order valence-electron chi connectivity index (χ2n) is 11.4. The first kappa shape index (κ1) is 25.4. The summed E-state index contributed by atoms with van der Waals surface area (Å²) in [5, 5.41) is 4.55. The fraction of sp³-hybridized carbons (Fsp3) is 0. The summed E-state index contributed by atoms with van der Waals surface area (Å²) in [6, 6.07) is 57.3. The Bertz CT molecular complexity index is 2470. The molecule has 7 aromatic carbocycles. The van der Waals surface area contributed by atoms with Gasteiger partial charge >= 0.3 is 0 Å². The van der Waals surface area contributed by atoms with Gasteiger partial charge in [0.25, 0.3) is 0 Å². The van der Waals surface area contributed by atoms with Gasteiger partial charge in [-0.2, -0.15) is 0 Å². The van der Waals surface area contributed by atoms with Gasteiger partial charge in [0.15, 0.2) is 0 Å². The maximum Gasteiger partial charge on any atom is 0.143 e. The van der Waals surface area contributed by atoms with Crippen molar-refractivity contribution in [3.63, 3.8) is 0 Å². The molecule has 2 heterocycles. The van der Waals surface area contributed by atoms with Crippen molar-refractivity contribution in [1.82, 2.24) is 0 Å². The van der Waals surface area contributed by atoms with Crippen LogP contribution in [-0.2, 0) is 0 Å². The first-order valence-electron chi connectivity index (χ1n) is 15.2. The Kier molecular flexibility index (Phi) is 5.82. The fourth-order valence-corrected chi connectivity index (χ4v) is 6.50. The van der Waals surface area contributed by atoms with Crippen molar-refractivity contribution in [1.29, 1.82) is 0 Å². The van der Waals surface area contributed by atoms with Crippen LogP contribution in [0.15, 0.2) is 173 Å². The Morgan fingerprint density at radius 3 is 1.60 bits per heavy atom. The molecule has 9 aromatic rings. The number of anilines is 3. The normalized spacial score (nSPS) is 11.6. The molecule has 0 unspecified atom stereocenters. The molecule has 2 aromatic heterocycles. The maximum atomic E-state index is 6.33. The zero-order valence-electron chi connectivity index (χ0n) is 24.4. The van der Waals surface area contributed by atoms with Crippen molar-refractivity contribution >= 4 is 60.9 Å². The van der Waals surface area contributed by atoms with Gasteiger partial charge in [0.1, 0.15) is 22.3 Å². The van der Waals surface area contributed by atoms with Crippen molar-refractivity contribution in [3.05, 3.63) is 164 Å². The van der Waals surface area contributed by atoms with Crippen LogP contribution in [-0.4, -0.2) is 0 Å². The number of rotatable bonds is 5. The van der Waals surface area contributed by atoms with E-state index in [4.69, 9.17) is 8.83 Å². The average Bonchev–Trinajstić information content (AvgIpc) is 3.68. The topological polar surface area (TPSA) is 29.5 Å². The summed E-state index contributed by atoms with van der Waals surface area (Å²) in [4.78, 5) is 2.29. The lowest BCUT2D eigenvalue weighted by molar-refractivity contribution is 0.669. The zero-order valence-corrected chi connectivity index (χ0v) is 24.4. The van der Waals surface area contributed by atoms with Crippen LogP contribution in [0.1, 0.15) is 0 Å². The highest BCUT2D eigenvalue weighted by atomic mass is 16.3. The Morgan fingerprint density at radius 2 is 0.867 bits per heavy atom. The third kappa shape index (κ3) is 4.29. The minimum Gasteiger partial charge on any atom is -0.456 e. The van der Waals surface area contributed by atoms with E-state index < -0.39 is 0 Å². The van der Waals surface area contributed by atoms with Gasteiger partial charge in [0, 0.05) is 44.2 Å². The van der Waals surface area contributed by atoms with Crippen LogP contribution < -0.4 is 4.90 Å². The van der Waals surface area contributed by atoms with E-state index in [2.05, 4.69) is 144 Å². The molecular formula is C42H27NO2. The lowest BCUT2D eigenvalue weighted by Gasteiger charge is -2.26. The number of furan rings is 2. The molecular weight excluding hydrogens is 550 g/mol. The molecule has 0 atom stereocenters. The monoisotopic (exact) mass is 577 g/mol. The van der Waals surface area contributed by atoms with Crippen LogP contribution >= 0.6 is 0 Å². The lowest BCUT2D eigenvalue weighted by Crippen LogP contribution is -2.09. The smallest absolute Gasteiger partial charge is 0.143 e. The first-order valence-corrected chi connectivity index (χ1v) is 15.2. The standard InChI is InChI=1S/C42H27NO2/c1-2-9-31(10-3-1)43(32-22-17-28(18-23-32)30-21-26-41-38(27-30)36-12-5-6-15-39(36)44-41)33-24-19-29(20-25-33)34-13-8-14-37-35-11-4-7-16-40(35)45-42(34)37/h1-27H. The molecule has 212 valence electrons. The van der Waals surface area contributed by atoms with E-state index in [-0.39, 0.29) is 0 Å². The Morgan fingerprint density at radius 1 is 0.333 bits per heavy atom. The number of hydrogen-bond donors (Lipinski definition) is 0. The minimum atomic E-state index is 0.909. The third-order valence-electron chi connectivity index (χ3n) is 8.69. The molecule has 0 saturated heterocycles. The van der Waals surface area contributed by atoms with E-state index in [0.717, 1.165) is 83.2 Å². The van der Waals surface area contributed by atoms with Crippen LogP contribution in [0.3, 0.4) is 0 Å². The third-order valence-corrected chi connectivity index (χ3v) is 8.69. The number of nitrogens with zero attached hydrogens (tertiary/aromatic N) is 1. The van der Waals surface area contributed by atoms with Crippen LogP contribution in [0, 0.1) is 0 Å². The zero-order chi connectivity index (χ0) is 29.7. The van der Waals surface area contributed by atoms with E-state index in [0.29, 0.717) is 0 Å². The highest BCUT2D eigenvalue weighted by Crippen LogP contribution is 2.40. The molecule has 0 N–H and O–H groups in total. The van der Waals surface area contributed by atoms with Crippen LogP contribution in [0.2, 0.25) is 0 Å². The molecule has 0 amide bonds. The summed E-state index contributed by atoms with van der Waals surface area (Å²) in [6.07, 6.45) is 0. The molecule has 0 aliphatic heterocycles.